The summed E-state index contributed by atoms with van der Waals surface area (Å²) < 4.78 is 0. The molecule has 0 unspecified atom stereocenters. The topological polar surface area (TPSA) is 47.6 Å². The van der Waals surface area contributed by atoms with E-state index in [1.165, 1.54) is 0 Å². The molecule has 0 spiro atoms. The standard InChI is InChI=1S/C7H10N2Se/c8-5-3-1-2-4-6-10-7-9/h1-4,6H2. The molecular formula is C7H10N2Se. The SMILES string of the molecule is N#CCCCCC[Se]C#N. The maximum atomic E-state index is 8.19. The first kappa shape index (κ1) is 9.50. The first-order chi connectivity index (χ1) is 4.91. The van der Waals surface area contributed by atoms with Crippen molar-refractivity contribution in [3.63, 3.8) is 0 Å². The van der Waals surface area contributed by atoms with Gasteiger partial charge in [-0.05, 0) is 0 Å². The minimum atomic E-state index is 0.187. The van der Waals surface area contributed by atoms with Crippen LogP contribution in [0.2, 0.25) is 5.32 Å². The molecule has 0 aromatic rings. The van der Waals surface area contributed by atoms with E-state index in [1.54, 1.807) is 0 Å². The second kappa shape index (κ2) is 8.50. The third kappa shape index (κ3) is 7.50. The van der Waals surface area contributed by atoms with Gasteiger partial charge in [-0.1, -0.05) is 0 Å². The van der Waals surface area contributed by atoms with Gasteiger partial charge in [0.2, 0.25) is 0 Å². The zero-order chi connectivity index (χ0) is 7.66. The molecule has 2 nitrogen and oxygen atoms in total. The number of hydrogen-bond donors (Lipinski definition) is 0. The zero-order valence-corrected chi connectivity index (χ0v) is 7.55. The van der Waals surface area contributed by atoms with Crippen molar-refractivity contribution in [2.75, 3.05) is 0 Å². The van der Waals surface area contributed by atoms with Crippen LogP contribution in [0.15, 0.2) is 0 Å². The van der Waals surface area contributed by atoms with Crippen molar-refractivity contribution >= 4 is 15.0 Å². The molecule has 0 rings (SSSR count). The first-order valence-electron chi connectivity index (χ1n) is 3.29. The molecule has 0 aromatic heterocycles. The number of hydrogen-bond acceptors (Lipinski definition) is 2. The number of unbranched alkanes of at least 4 members (excludes halogenated alkanes) is 3. The van der Waals surface area contributed by atoms with Gasteiger partial charge in [-0.2, -0.15) is 0 Å². The van der Waals surface area contributed by atoms with Crippen molar-refractivity contribution in [1.29, 1.82) is 10.5 Å². The van der Waals surface area contributed by atoms with Crippen molar-refractivity contribution in [2.45, 2.75) is 31.0 Å². The summed E-state index contributed by atoms with van der Waals surface area (Å²) in [4.78, 5) is 2.16. The van der Waals surface area contributed by atoms with Gasteiger partial charge in [0.05, 0.1) is 0 Å². The van der Waals surface area contributed by atoms with Gasteiger partial charge >= 0.3 is 67.5 Å². The molecule has 0 fully saturated rings. The van der Waals surface area contributed by atoms with Gasteiger partial charge in [0.25, 0.3) is 0 Å². The fourth-order valence-corrected chi connectivity index (χ4v) is 1.52. The van der Waals surface area contributed by atoms with Crippen molar-refractivity contribution in [2.24, 2.45) is 0 Å². The summed E-state index contributed by atoms with van der Waals surface area (Å²) in [6.07, 6.45) is 3.89. The Morgan fingerprint density at radius 3 is 2.50 bits per heavy atom. The van der Waals surface area contributed by atoms with Gasteiger partial charge in [0.15, 0.2) is 0 Å². The third-order valence-electron chi connectivity index (χ3n) is 1.10. The monoisotopic (exact) mass is 202 g/mol. The van der Waals surface area contributed by atoms with Crippen LogP contribution in [-0.4, -0.2) is 15.0 Å². The van der Waals surface area contributed by atoms with E-state index in [1.807, 2.05) is 0 Å². The van der Waals surface area contributed by atoms with E-state index in [2.05, 4.69) is 11.0 Å². The number of nitrogens with zero attached hydrogens (tertiary/aromatic N) is 2. The van der Waals surface area contributed by atoms with Crippen LogP contribution >= 0.6 is 0 Å². The molecule has 0 amide bonds. The molecule has 0 bridgehead atoms. The Bertz CT molecular complexity index is 125. The van der Waals surface area contributed by atoms with Gasteiger partial charge in [-0.15, -0.1) is 0 Å². The van der Waals surface area contributed by atoms with Gasteiger partial charge < -0.3 is 0 Å². The van der Waals surface area contributed by atoms with E-state index in [9.17, 15) is 0 Å². The quantitative estimate of drug-likeness (QED) is 0.501. The molecule has 0 aliphatic heterocycles. The minimum absolute atomic E-state index is 0.187. The molecule has 0 heterocycles. The molecule has 0 N–H and O–H groups in total. The molecule has 0 atom stereocenters. The second-order valence-corrected chi connectivity index (χ2v) is 3.75. The molecule has 0 saturated heterocycles. The van der Waals surface area contributed by atoms with E-state index in [4.69, 9.17) is 10.5 Å². The third-order valence-corrected chi connectivity index (χ3v) is 2.40. The molecular weight excluding hydrogens is 191 g/mol. The van der Waals surface area contributed by atoms with Crippen LogP contribution in [0.4, 0.5) is 0 Å². The summed E-state index contributed by atoms with van der Waals surface area (Å²) >= 11 is 0.187. The Labute approximate surface area is 68.0 Å². The summed E-state index contributed by atoms with van der Waals surface area (Å²) in [6, 6.07) is 2.10. The fourth-order valence-electron chi connectivity index (χ4n) is 0.601. The maximum absolute atomic E-state index is 8.19. The van der Waals surface area contributed by atoms with Crippen LogP contribution in [0.25, 0.3) is 0 Å². The van der Waals surface area contributed by atoms with E-state index in [0.717, 1.165) is 24.6 Å². The summed E-state index contributed by atoms with van der Waals surface area (Å²) in [5.74, 6) is 0. The Kier molecular flexibility index (Phi) is 8.07. The van der Waals surface area contributed by atoms with Crippen LogP contribution in [0.5, 0.6) is 0 Å². The summed E-state index contributed by atoms with van der Waals surface area (Å²) in [5, 5.41) is 17.4. The van der Waals surface area contributed by atoms with Gasteiger partial charge in [0, 0.05) is 0 Å². The summed E-state index contributed by atoms with van der Waals surface area (Å²) in [5.41, 5.74) is 0. The Morgan fingerprint density at radius 1 is 1.10 bits per heavy atom. The molecule has 0 radical (unpaired) electrons. The van der Waals surface area contributed by atoms with Crippen molar-refractivity contribution < 1.29 is 0 Å². The van der Waals surface area contributed by atoms with Crippen LogP contribution in [0, 0.1) is 21.6 Å². The molecule has 0 aliphatic carbocycles. The summed E-state index contributed by atoms with van der Waals surface area (Å²) in [6.45, 7) is 0. The molecule has 0 aromatic carbocycles. The predicted octanol–water partition coefficient (Wildman–Crippen LogP) is 1.67. The molecule has 10 heavy (non-hydrogen) atoms. The second-order valence-electron chi connectivity index (χ2n) is 1.91. The van der Waals surface area contributed by atoms with E-state index in [-0.39, 0.29) is 15.0 Å². The molecule has 3 heteroatoms. The van der Waals surface area contributed by atoms with E-state index < -0.39 is 0 Å². The van der Waals surface area contributed by atoms with Gasteiger partial charge in [-0.3, -0.25) is 0 Å². The van der Waals surface area contributed by atoms with Crippen LogP contribution in [-0.2, 0) is 0 Å². The van der Waals surface area contributed by atoms with Crippen molar-refractivity contribution in [3.05, 3.63) is 0 Å². The van der Waals surface area contributed by atoms with Crippen molar-refractivity contribution in [1.82, 2.24) is 0 Å². The van der Waals surface area contributed by atoms with Gasteiger partial charge in [-0.25, -0.2) is 0 Å². The van der Waals surface area contributed by atoms with Crippen molar-refractivity contribution in [3.8, 4) is 11.0 Å². The summed E-state index contributed by atoms with van der Waals surface area (Å²) in [7, 11) is 0. The number of rotatable bonds is 5. The van der Waals surface area contributed by atoms with E-state index >= 15 is 0 Å². The average molecular weight is 201 g/mol. The Balaban J connectivity index is 2.80. The normalized spacial score (nSPS) is 8.20. The van der Waals surface area contributed by atoms with Gasteiger partial charge in [0.1, 0.15) is 0 Å². The van der Waals surface area contributed by atoms with E-state index in [0.29, 0.717) is 6.42 Å². The Hall–Kier alpha value is -0.501. The molecule has 0 saturated carbocycles. The van der Waals surface area contributed by atoms with Crippen LogP contribution in [0.3, 0.4) is 0 Å². The average Bonchev–Trinajstić information content (AvgIpc) is 1.97. The number of nitriles is 2. The molecule has 54 valence electrons. The molecule has 0 aliphatic rings. The van der Waals surface area contributed by atoms with Crippen LogP contribution < -0.4 is 0 Å². The predicted molar refractivity (Wildman–Crippen MR) is 40.3 cm³/mol. The zero-order valence-electron chi connectivity index (χ0n) is 5.84. The fraction of sp³-hybridized carbons (Fsp3) is 0.714. The van der Waals surface area contributed by atoms with Crippen LogP contribution in [0.1, 0.15) is 25.7 Å². The Morgan fingerprint density at radius 2 is 1.90 bits per heavy atom. The first-order valence-corrected chi connectivity index (χ1v) is 5.36.